The van der Waals surface area contributed by atoms with Gasteiger partial charge in [-0.15, -0.1) is 10.2 Å². The summed E-state index contributed by atoms with van der Waals surface area (Å²) in [5.74, 6) is 0. The molecule has 11 heteroatoms. The molecule has 0 aliphatic carbocycles. The van der Waals surface area contributed by atoms with E-state index in [2.05, 4.69) is 0 Å². The quantitative estimate of drug-likeness (QED) is 0.404. The van der Waals surface area contributed by atoms with Gasteiger partial charge in [0.2, 0.25) is 0 Å². The maximum absolute atomic E-state index is 8.60. The van der Waals surface area contributed by atoms with Crippen LogP contribution in [-0.2, 0) is 0 Å². The Bertz CT molecular complexity index is 55.1. The fraction of sp³-hybridized carbons (Fsp3) is 0. The van der Waals surface area contributed by atoms with Gasteiger partial charge >= 0.3 is 51.4 Å². The number of hydrogen-bond donors (Lipinski definition) is 1. The van der Waals surface area contributed by atoms with Crippen molar-refractivity contribution in [1.29, 1.82) is 0 Å². The molecule has 0 aromatic rings. The van der Waals surface area contributed by atoms with Crippen molar-refractivity contribution >= 4 is 0 Å². The van der Waals surface area contributed by atoms with Crippen molar-refractivity contribution in [2.24, 2.45) is 0 Å². The van der Waals surface area contributed by atoms with Crippen LogP contribution < -0.4 is 84.0 Å². The molecule has 0 radical (unpaired) electrons. The van der Waals surface area contributed by atoms with Crippen molar-refractivity contribution in [3.05, 3.63) is 0 Å². The van der Waals surface area contributed by atoms with E-state index in [1.54, 1.807) is 0 Å². The molecule has 64 valence electrons. The van der Waals surface area contributed by atoms with Gasteiger partial charge in [0.25, 0.3) is 0 Å². The van der Waals surface area contributed by atoms with Crippen molar-refractivity contribution in [2.75, 3.05) is 0 Å². The predicted octanol–water partition coefficient (Wildman–Crippen LogP) is -11.9. The standard InChI is InChI=1S/2ClHO4.K/c2*2-1(3,4)5;/h2*(H,2,3,4,5);/q;;+1/p-1. The Morgan fingerprint density at radius 1 is 0.727 bits per heavy atom. The first-order valence-corrected chi connectivity index (χ1v) is 3.75. The summed E-state index contributed by atoms with van der Waals surface area (Å²) in [6.45, 7) is 0. The maximum atomic E-state index is 8.60. The zero-order valence-corrected chi connectivity index (χ0v) is 9.70. The van der Waals surface area contributed by atoms with Gasteiger partial charge in [-0.05, 0) is 0 Å². The molecular weight excluding hydrogens is 238 g/mol. The molecule has 0 bridgehead atoms. The van der Waals surface area contributed by atoms with Crippen LogP contribution in [0.2, 0.25) is 0 Å². The number of hydrogen-bond acceptors (Lipinski definition) is 8. The maximum Gasteiger partial charge on any atom is 1.00 e. The van der Waals surface area contributed by atoms with Gasteiger partial charge in [-0.2, -0.15) is 14.0 Å². The third-order valence-corrected chi connectivity index (χ3v) is 0. The third kappa shape index (κ3) is 324. The van der Waals surface area contributed by atoms with Gasteiger partial charge in [-0.25, -0.2) is 18.6 Å². The molecule has 0 spiro atoms. The summed E-state index contributed by atoms with van der Waals surface area (Å²) >= 11 is 0. The second kappa shape index (κ2) is 7.31. The predicted molar refractivity (Wildman–Crippen MR) is 2.22 cm³/mol. The number of halogens is 2. The van der Waals surface area contributed by atoms with Crippen LogP contribution in [0, 0.1) is 20.5 Å². The van der Waals surface area contributed by atoms with Crippen LogP contribution in [0.4, 0.5) is 0 Å². The molecule has 1 N–H and O–H groups in total. The summed E-state index contributed by atoms with van der Waals surface area (Å²) in [7, 11) is -9.64. The summed E-state index contributed by atoms with van der Waals surface area (Å²) in [5, 5.41) is 0. The van der Waals surface area contributed by atoms with E-state index in [1.807, 2.05) is 0 Å². The van der Waals surface area contributed by atoms with Crippen molar-refractivity contribution in [3.8, 4) is 0 Å². The summed E-state index contributed by atoms with van der Waals surface area (Å²) in [4.78, 5) is 0. The van der Waals surface area contributed by atoms with E-state index in [0.29, 0.717) is 0 Å². The van der Waals surface area contributed by atoms with E-state index >= 15 is 0 Å². The van der Waals surface area contributed by atoms with Gasteiger partial charge in [0.15, 0.2) is 0 Å². The first-order chi connectivity index (χ1) is 4.00. The fourth-order valence-corrected chi connectivity index (χ4v) is 0. The van der Waals surface area contributed by atoms with Crippen LogP contribution in [0.25, 0.3) is 0 Å². The van der Waals surface area contributed by atoms with Crippen molar-refractivity contribution in [1.82, 2.24) is 0 Å². The molecule has 8 nitrogen and oxygen atoms in total. The van der Waals surface area contributed by atoms with Crippen LogP contribution in [0.5, 0.6) is 0 Å². The Labute approximate surface area is 108 Å². The minimum absolute atomic E-state index is 0. The van der Waals surface area contributed by atoms with Crippen molar-refractivity contribution in [3.63, 3.8) is 0 Å². The molecule has 0 aliphatic rings. The molecule has 0 aromatic carbocycles. The zero-order valence-electron chi connectivity index (χ0n) is 5.06. The normalized spacial score (nSPS) is 10.9. The molecule has 0 heterocycles. The molecule has 0 rings (SSSR count). The van der Waals surface area contributed by atoms with Gasteiger partial charge in [-0.3, -0.25) is 0 Å². The van der Waals surface area contributed by atoms with Gasteiger partial charge in [0, 0.05) is 0 Å². The summed E-state index contributed by atoms with van der Waals surface area (Å²) in [6, 6.07) is 0. The van der Waals surface area contributed by atoms with E-state index in [9.17, 15) is 0 Å². The van der Waals surface area contributed by atoms with Crippen LogP contribution in [-0.4, -0.2) is 4.66 Å². The van der Waals surface area contributed by atoms with Crippen LogP contribution in [0.1, 0.15) is 0 Å². The SMILES string of the molecule is [K+].[O-][Cl+3]([O-])([O-])O.[O-][Cl+3]([O-])([O-])[O-]. The van der Waals surface area contributed by atoms with Crippen molar-refractivity contribution < 1.29 is 109 Å². The Morgan fingerprint density at radius 2 is 0.727 bits per heavy atom. The average Bonchev–Trinajstić information content (AvgIpc) is 1.12. The first-order valence-electron chi connectivity index (χ1n) is 1.25. The molecule has 0 aromatic heterocycles. The molecule has 0 saturated heterocycles. The topological polar surface area (TPSA) is 182 Å². The average molecular weight is 239 g/mol. The van der Waals surface area contributed by atoms with Crippen LogP contribution in [0.15, 0.2) is 0 Å². The summed E-state index contributed by atoms with van der Waals surface area (Å²) < 4.78 is 66.7. The monoisotopic (exact) mass is 238 g/mol. The summed E-state index contributed by atoms with van der Waals surface area (Å²) in [6.07, 6.45) is 0. The van der Waals surface area contributed by atoms with E-state index in [-0.39, 0.29) is 51.4 Å². The van der Waals surface area contributed by atoms with E-state index < -0.39 is 20.5 Å². The Kier molecular flexibility index (Phi) is 12.4. The van der Waals surface area contributed by atoms with Crippen LogP contribution >= 0.6 is 0 Å². The van der Waals surface area contributed by atoms with Gasteiger partial charge in [-0.1, -0.05) is 0 Å². The Balaban J connectivity index is -0.000000107. The molecule has 0 atom stereocenters. The molecule has 0 aliphatic heterocycles. The largest absolute Gasteiger partial charge is 1.00 e. The van der Waals surface area contributed by atoms with Gasteiger partial charge < -0.3 is 0 Å². The minimum atomic E-state index is -4.94. The molecule has 0 saturated carbocycles. The second-order valence-corrected chi connectivity index (χ2v) is 2.32. The molecule has 0 fully saturated rings. The minimum Gasteiger partial charge on any atom is -0.222 e. The van der Waals surface area contributed by atoms with Crippen molar-refractivity contribution in [2.45, 2.75) is 0 Å². The Morgan fingerprint density at radius 3 is 0.727 bits per heavy atom. The fourth-order valence-electron chi connectivity index (χ4n) is 0. The molecule has 0 amide bonds. The van der Waals surface area contributed by atoms with Gasteiger partial charge in [0.1, 0.15) is 0 Å². The van der Waals surface area contributed by atoms with Crippen LogP contribution in [0.3, 0.4) is 0 Å². The van der Waals surface area contributed by atoms with E-state index in [4.69, 9.17) is 37.3 Å². The summed E-state index contributed by atoms with van der Waals surface area (Å²) in [5.41, 5.74) is 0. The molecular formula is HCl2KO8. The van der Waals surface area contributed by atoms with Gasteiger partial charge in [0.05, 0.1) is 14.9 Å². The third-order valence-electron chi connectivity index (χ3n) is 0. The zero-order chi connectivity index (χ0) is 9.00. The Hall–Kier alpha value is 1.90. The molecule has 0 unspecified atom stereocenters. The van der Waals surface area contributed by atoms with E-state index in [1.165, 1.54) is 0 Å². The number of rotatable bonds is 0. The van der Waals surface area contributed by atoms with E-state index in [0.717, 1.165) is 0 Å². The second-order valence-electron chi connectivity index (χ2n) is 0.774. The molecule has 11 heavy (non-hydrogen) atoms. The first kappa shape index (κ1) is 18.6. The smallest absolute Gasteiger partial charge is 0.222 e.